The Morgan fingerprint density at radius 1 is 1.15 bits per heavy atom. The molecule has 2 aliphatic heterocycles. The highest BCUT2D eigenvalue weighted by atomic mass is 16.5. The topological polar surface area (TPSA) is 67.3 Å². The zero-order valence-electron chi connectivity index (χ0n) is 15.1. The van der Waals surface area contributed by atoms with E-state index in [0.717, 1.165) is 28.8 Å². The maximum Gasteiger partial charge on any atom is 0.270 e. The van der Waals surface area contributed by atoms with Crippen molar-refractivity contribution in [3.05, 3.63) is 64.2 Å². The van der Waals surface area contributed by atoms with Gasteiger partial charge in [-0.1, -0.05) is 6.07 Å². The first-order valence-electron chi connectivity index (χ1n) is 9.28. The summed E-state index contributed by atoms with van der Waals surface area (Å²) in [5, 5.41) is 0.994. The smallest absolute Gasteiger partial charge is 0.270 e. The van der Waals surface area contributed by atoms with E-state index in [1.54, 1.807) is 13.2 Å². The fourth-order valence-corrected chi connectivity index (χ4v) is 4.58. The fraction of sp³-hybridized carbons (Fsp3) is 0.333. The van der Waals surface area contributed by atoms with Crippen molar-refractivity contribution in [2.45, 2.75) is 18.9 Å². The third kappa shape index (κ3) is 2.63. The maximum absolute atomic E-state index is 13.1. The van der Waals surface area contributed by atoms with Gasteiger partial charge < -0.3 is 19.2 Å². The molecule has 0 aliphatic carbocycles. The van der Waals surface area contributed by atoms with Gasteiger partial charge in [0.1, 0.15) is 11.4 Å². The van der Waals surface area contributed by atoms with E-state index >= 15 is 0 Å². The SMILES string of the molecule is COc1ccc2cc(C(=O)N3C[C@H]4C[C@H](C3)c3cccc(=O)n3C4)[nH]c2c1. The van der Waals surface area contributed by atoms with Crippen molar-refractivity contribution in [2.24, 2.45) is 5.92 Å². The molecule has 0 unspecified atom stereocenters. The van der Waals surface area contributed by atoms with Gasteiger partial charge in [0.2, 0.25) is 0 Å². The van der Waals surface area contributed by atoms with Crippen molar-refractivity contribution in [3.63, 3.8) is 0 Å². The molecule has 138 valence electrons. The number of carbonyl (C=O) groups excluding carboxylic acids is 1. The Bertz CT molecular complexity index is 1100. The van der Waals surface area contributed by atoms with Crippen molar-refractivity contribution >= 4 is 16.8 Å². The molecule has 3 aromatic rings. The summed E-state index contributed by atoms with van der Waals surface area (Å²) in [5.74, 6) is 1.33. The van der Waals surface area contributed by atoms with E-state index in [2.05, 4.69) is 4.98 Å². The molecule has 2 aromatic heterocycles. The summed E-state index contributed by atoms with van der Waals surface area (Å²) in [7, 11) is 1.63. The second kappa shape index (κ2) is 6.01. The fourth-order valence-electron chi connectivity index (χ4n) is 4.58. The number of ether oxygens (including phenoxy) is 1. The molecule has 5 rings (SSSR count). The number of carbonyl (C=O) groups is 1. The maximum atomic E-state index is 13.1. The molecule has 1 fully saturated rings. The van der Waals surface area contributed by atoms with Crippen LogP contribution in [0.3, 0.4) is 0 Å². The largest absolute Gasteiger partial charge is 0.497 e. The average molecular weight is 363 g/mol. The van der Waals surface area contributed by atoms with Gasteiger partial charge in [-0.3, -0.25) is 9.59 Å². The van der Waals surface area contributed by atoms with Gasteiger partial charge in [-0.15, -0.1) is 0 Å². The van der Waals surface area contributed by atoms with E-state index in [4.69, 9.17) is 4.74 Å². The van der Waals surface area contributed by atoms with Crippen LogP contribution in [-0.2, 0) is 6.54 Å². The van der Waals surface area contributed by atoms with E-state index in [1.165, 1.54) is 0 Å². The second-order valence-corrected chi connectivity index (χ2v) is 7.54. The minimum Gasteiger partial charge on any atom is -0.497 e. The summed E-state index contributed by atoms with van der Waals surface area (Å²) in [6, 6.07) is 13.1. The molecular weight excluding hydrogens is 342 g/mol. The van der Waals surface area contributed by atoms with Crippen LogP contribution in [0.4, 0.5) is 0 Å². The summed E-state index contributed by atoms with van der Waals surface area (Å²) in [4.78, 5) is 30.4. The van der Waals surface area contributed by atoms with Gasteiger partial charge in [0.15, 0.2) is 0 Å². The Morgan fingerprint density at radius 2 is 2.04 bits per heavy atom. The predicted octanol–water partition coefficient (Wildman–Crippen LogP) is 2.60. The molecule has 0 radical (unpaired) electrons. The van der Waals surface area contributed by atoms with Gasteiger partial charge in [-0.05, 0) is 36.6 Å². The van der Waals surface area contributed by atoms with E-state index in [0.29, 0.717) is 31.2 Å². The molecule has 2 atom stereocenters. The molecule has 6 nitrogen and oxygen atoms in total. The van der Waals surface area contributed by atoms with Crippen LogP contribution >= 0.6 is 0 Å². The number of hydrogen-bond donors (Lipinski definition) is 1. The number of amides is 1. The number of aromatic nitrogens is 2. The highest BCUT2D eigenvalue weighted by molar-refractivity contribution is 5.98. The quantitative estimate of drug-likeness (QED) is 0.761. The number of nitrogens with zero attached hydrogens (tertiary/aromatic N) is 2. The van der Waals surface area contributed by atoms with E-state index in [-0.39, 0.29) is 17.4 Å². The van der Waals surface area contributed by atoms with Crippen molar-refractivity contribution in [1.29, 1.82) is 0 Å². The number of pyridine rings is 1. The normalized spacial score (nSPS) is 21.1. The molecule has 2 aliphatic rings. The molecule has 1 amide bonds. The summed E-state index contributed by atoms with van der Waals surface area (Å²) in [6.07, 6.45) is 1.04. The van der Waals surface area contributed by atoms with Gasteiger partial charge in [0, 0.05) is 54.3 Å². The van der Waals surface area contributed by atoms with Gasteiger partial charge >= 0.3 is 0 Å². The van der Waals surface area contributed by atoms with Gasteiger partial charge in [0.25, 0.3) is 11.5 Å². The molecule has 1 N–H and O–H groups in total. The average Bonchev–Trinajstić information content (AvgIpc) is 3.11. The van der Waals surface area contributed by atoms with Crippen molar-refractivity contribution < 1.29 is 9.53 Å². The lowest BCUT2D eigenvalue weighted by atomic mass is 9.83. The molecule has 1 saturated heterocycles. The Hall–Kier alpha value is -3.02. The second-order valence-electron chi connectivity index (χ2n) is 7.54. The van der Waals surface area contributed by atoms with Gasteiger partial charge in [-0.25, -0.2) is 0 Å². The number of hydrogen-bond acceptors (Lipinski definition) is 3. The monoisotopic (exact) mass is 363 g/mol. The number of H-pyrrole nitrogens is 1. The molecule has 0 saturated carbocycles. The Labute approximate surface area is 156 Å². The number of likely N-dealkylation sites (tertiary alicyclic amines) is 1. The summed E-state index contributed by atoms with van der Waals surface area (Å²) >= 11 is 0. The molecule has 2 bridgehead atoms. The van der Waals surface area contributed by atoms with E-state index < -0.39 is 0 Å². The molecular formula is C21H21N3O3. The summed E-state index contributed by atoms with van der Waals surface area (Å²) in [5.41, 5.74) is 2.61. The van der Waals surface area contributed by atoms with Crippen LogP contribution < -0.4 is 10.3 Å². The standard InChI is InChI=1S/C21H21N3O3/c1-27-16-6-5-14-8-18(22-17(14)9-16)21(26)23-10-13-7-15(12-23)19-3-2-4-20(25)24(19)11-13/h2-6,8-9,13,15,22H,7,10-12H2,1H3/t13-,15-/m1/s1. The predicted molar refractivity (Wildman–Crippen MR) is 102 cm³/mol. The van der Waals surface area contributed by atoms with Crippen LogP contribution in [0.1, 0.15) is 28.5 Å². The lowest BCUT2D eigenvalue weighted by Crippen LogP contribution is -2.49. The lowest BCUT2D eigenvalue weighted by molar-refractivity contribution is 0.0589. The third-order valence-corrected chi connectivity index (χ3v) is 5.83. The molecule has 6 heteroatoms. The van der Waals surface area contributed by atoms with E-state index in [9.17, 15) is 9.59 Å². The first-order valence-corrected chi connectivity index (χ1v) is 9.28. The number of benzene rings is 1. The highest BCUT2D eigenvalue weighted by Crippen LogP contribution is 2.35. The minimum absolute atomic E-state index is 0.0200. The summed E-state index contributed by atoms with van der Waals surface area (Å²) < 4.78 is 7.14. The molecule has 0 spiro atoms. The van der Waals surface area contributed by atoms with Crippen molar-refractivity contribution in [2.75, 3.05) is 20.2 Å². The van der Waals surface area contributed by atoms with Crippen LogP contribution in [0.2, 0.25) is 0 Å². The molecule has 4 heterocycles. The third-order valence-electron chi connectivity index (χ3n) is 5.83. The van der Waals surface area contributed by atoms with Crippen LogP contribution in [0, 0.1) is 5.92 Å². The van der Waals surface area contributed by atoms with E-state index in [1.807, 2.05) is 45.9 Å². The lowest BCUT2D eigenvalue weighted by Gasteiger charge is -2.42. The van der Waals surface area contributed by atoms with Gasteiger partial charge in [-0.2, -0.15) is 0 Å². The van der Waals surface area contributed by atoms with Crippen molar-refractivity contribution in [3.8, 4) is 5.75 Å². The zero-order chi connectivity index (χ0) is 18.5. The van der Waals surface area contributed by atoms with Crippen LogP contribution in [-0.4, -0.2) is 40.6 Å². The number of nitrogens with one attached hydrogen (secondary N) is 1. The van der Waals surface area contributed by atoms with Gasteiger partial charge in [0.05, 0.1) is 7.11 Å². The molecule has 1 aromatic carbocycles. The Morgan fingerprint density at radius 3 is 2.89 bits per heavy atom. The number of rotatable bonds is 2. The Kier molecular flexibility index (Phi) is 3.60. The number of methoxy groups -OCH3 is 1. The zero-order valence-corrected chi connectivity index (χ0v) is 15.1. The molecule has 27 heavy (non-hydrogen) atoms. The first-order chi connectivity index (χ1) is 13.1. The summed E-state index contributed by atoms with van der Waals surface area (Å²) in [6.45, 7) is 2.03. The highest BCUT2D eigenvalue weighted by Gasteiger charge is 2.36. The minimum atomic E-state index is 0.0200. The first kappa shape index (κ1) is 16.2. The van der Waals surface area contributed by atoms with Crippen molar-refractivity contribution in [1.82, 2.24) is 14.5 Å². The van der Waals surface area contributed by atoms with Crippen LogP contribution in [0.25, 0.3) is 10.9 Å². The number of fused-ring (bicyclic) bond motifs is 5. The Balaban J connectivity index is 1.44. The van der Waals surface area contributed by atoms with Crippen LogP contribution in [0.15, 0.2) is 47.3 Å². The number of aromatic amines is 1. The number of piperidine rings is 1. The van der Waals surface area contributed by atoms with Crippen LogP contribution in [0.5, 0.6) is 5.75 Å².